The van der Waals surface area contributed by atoms with E-state index in [1.54, 1.807) is 37.4 Å². The van der Waals surface area contributed by atoms with Crippen LogP contribution in [0.25, 0.3) is 0 Å². The van der Waals surface area contributed by atoms with E-state index in [1.165, 1.54) is 4.90 Å². The van der Waals surface area contributed by atoms with Gasteiger partial charge >= 0.3 is 12.2 Å². The number of urea groups is 1. The fourth-order valence-electron chi connectivity index (χ4n) is 1.98. The average Bonchev–Trinajstić information content (AvgIpc) is 2.59. The third-order valence-electron chi connectivity index (χ3n) is 3.69. The van der Waals surface area contributed by atoms with Gasteiger partial charge in [-0.25, -0.2) is 4.79 Å². The van der Waals surface area contributed by atoms with E-state index in [1.807, 2.05) is 13.8 Å². The molecular formula is C18H18ClF3N2O2. The van der Waals surface area contributed by atoms with E-state index in [0.29, 0.717) is 5.69 Å². The summed E-state index contributed by atoms with van der Waals surface area (Å²) in [7, 11) is 1.60. The second-order valence-electron chi connectivity index (χ2n) is 5.85. The zero-order valence-corrected chi connectivity index (χ0v) is 15.2. The Morgan fingerprint density at radius 1 is 1.12 bits per heavy atom. The number of halogens is 4. The summed E-state index contributed by atoms with van der Waals surface area (Å²) in [5.41, 5.74) is -0.479. The van der Waals surface area contributed by atoms with E-state index in [0.717, 1.165) is 23.3 Å². The number of nitrogens with zero attached hydrogens (tertiary/aromatic N) is 2. The predicted octanol–water partition coefficient (Wildman–Crippen LogP) is 5.62. The van der Waals surface area contributed by atoms with E-state index < -0.39 is 17.8 Å². The maximum atomic E-state index is 12.8. The van der Waals surface area contributed by atoms with Gasteiger partial charge in [0.2, 0.25) is 0 Å². The molecule has 0 bridgehead atoms. The van der Waals surface area contributed by atoms with Crippen molar-refractivity contribution in [2.45, 2.75) is 26.1 Å². The molecule has 0 N–H and O–H groups in total. The zero-order chi connectivity index (χ0) is 19.5. The smallest absolute Gasteiger partial charge is 0.369 e. The lowest BCUT2D eigenvalue weighted by Crippen LogP contribution is -2.46. The van der Waals surface area contributed by atoms with Crippen molar-refractivity contribution in [3.8, 4) is 5.75 Å². The minimum Gasteiger partial charge on any atom is -0.369 e. The maximum absolute atomic E-state index is 12.8. The monoisotopic (exact) mass is 386 g/mol. The van der Waals surface area contributed by atoms with Crippen LogP contribution in [0.15, 0.2) is 48.5 Å². The predicted molar refractivity (Wildman–Crippen MR) is 94.3 cm³/mol. The van der Waals surface area contributed by atoms with E-state index in [-0.39, 0.29) is 16.8 Å². The Kier molecular flexibility index (Phi) is 6.02. The molecule has 2 aromatic carbocycles. The van der Waals surface area contributed by atoms with Gasteiger partial charge in [0.1, 0.15) is 0 Å². The molecule has 2 rings (SSSR count). The van der Waals surface area contributed by atoms with Gasteiger partial charge in [-0.15, -0.1) is 5.06 Å². The molecule has 2 aromatic rings. The molecule has 0 aromatic heterocycles. The van der Waals surface area contributed by atoms with Crippen molar-refractivity contribution < 1.29 is 22.8 Å². The normalized spacial score (nSPS) is 11.4. The highest BCUT2D eigenvalue weighted by Gasteiger charge is 2.32. The molecule has 140 valence electrons. The number of para-hydroxylation sites is 1. The Labute approximate surface area is 154 Å². The molecule has 0 saturated heterocycles. The highest BCUT2D eigenvalue weighted by atomic mass is 35.5. The summed E-state index contributed by atoms with van der Waals surface area (Å²) >= 11 is 5.94. The largest absolute Gasteiger partial charge is 0.416 e. The number of carbonyl (C=O) groups excluding carboxylic acids is 1. The summed E-state index contributed by atoms with van der Waals surface area (Å²) < 4.78 is 38.3. The molecule has 0 unspecified atom stereocenters. The van der Waals surface area contributed by atoms with E-state index in [2.05, 4.69) is 0 Å². The summed E-state index contributed by atoms with van der Waals surface area (Å²) in [6, 6.07) is 10.6. The van der Waals surface area contributed by atoms with Gasteiger partial charge in [0, 0.05) is 13.1 Å². The first kappa shape index (κ1) is 19.9. The Morgan fingerprint density at radius 3 is 2.23 bits per heavy atom. The van der Waals surface area contributed by atoms with E-state index in [4.69, 9.17) is 16.4 Å². The van der Waals surface area contributed by atoms with Crippen molar-refractivity contribution in [3.05, 3.63) is 59.1 Å². The van der Waals surface area contributed by atoms with Crippen molar-refractivity contribution in [2.75, 3.05) is 12.1 Å². The van der Waals surface area contributed by atoms with Gasteiger partial charge in [-0.1, -0.05) is 29.8 Å². The summed E-state index contributed by atoms with van der Waals surface area (Å²) in [6.45, 7) is 3.65. The SMILES string of the molecule is CC(C)N(C)C(=O)N(Oc1ccc(C(F)(F)F)cc1Cl)c1ccccc1. The number of benzene rings is 2. The van der Waals surface area contributed by atoms with Gasteiger partial charge in [-0.3, -0.25) is 0 Å². The molecule has 0 heterocycles. The Hall–Kier alpha value is -2.41. The Bertz CT molecular complexity index is 767. The van der Waals surface area contributed by atoms with Gasteiger partial charge in [0.05, 0.1) is 16.3 Å². The molecule has 8 heteroatoms. The third kappa shape index (κ3) is 4.60. The molecule has 26 heavy (non-hydrogen) atoms. The van der Waals surface area contributed by atoms with Crippen LogP contribution in [0, 0.1) is 0 Å². The number of hydroxylamine groups is 1. The van der Waals surface area contributed by atoms with Crippen LogP contribution in [0.5, 0.6) is 5.75 Å². The quantitative estimate of drug-likeness (QED) is 0.639. The first-order chi connectivity index (χ1) is 12.1. The summed E-state index contributed by atoms with van der Waals surface area (Å²) in [5, 5.41) is 0.745. The van der Waals surface area contributed by atoms with Crippen LogP contribution in [0.4, 0.5) is 23.7 Å². The van der Waals surface area contributed by atoms with Gasteiger partial charge in [-0.05, 0) is 44.2 Å². The van der Waals surface area contributed by atoms with Crippen molar-refractivity contribution in [1.29, 1.82) is 0 Å². The lowest BCUT2D eigenvalue weighted by Gasteiger charge is -2.30. The van der Waals surface area contributed by atoms with Crippen LogP contribution in [0.3, 0.4) is 0 Å². The Morgan fingerprint density at radius 2 is 1.73 bits per heavy atom. The van der Waals surface area contributed by atoms with Crippen LogP contribution in [0.2, 0.25) is 5.02 Å². The number of rotatable bonds is 4. The standard InChI is InChI=1S/C18H18ClF3N2O2/c1-12(2)23(3)17(25)24(14-7-5-4-6-8-14)26-16-10-9-13(11-15(16)19)18(20,21)22/h4-12H,1-3H3. The second-order valence-corrected chi connectivity index (χ2v) is 6.26. The average molecular weight is 387 g/mol. The molecule has 0 aliphatic carbocycles. The van der Waals surface area contributed by atoms with Crippen molar-refractivity contribution in [1.82, 2.24) is 4.90 Å². The van der Waals surface area contributed by atoms with Gasteiger partial charge in [0.15, 0.2) is 5.75 Å². The number of alkyl halides is 3. The number of anilines is 1. The van der Waals surface area contributed by atoms with Crippen molar-refractivity contribution in [2.24, 2.45) is 0 Å². The second kappa shape index (κ2) is 7.86. The molecule has 4 nitrogen and oxygen atoms in total. The first-order valence-electron chi connectivity index (χ1n) is 7.78. The topological polar surface area (TPSA) is 32.8 Å². The molecule has 0 saturated carbocycles. The first-order valence-corrected chi connectivity index (χ1v) is 8.15. The number of hydrogen-bond acceptors (Lipinski definition) is 2. The molecule has 0 aliphatic heterocycles. The molecule has 0 spiro atoms. The fraction of sp³-hybridized carbons (Fsp3) is 0.278. The minimum atomic E-state index is -4.52. The molecule has 0 atom stereocenters. The van der Waals surface area contributed by atoms with Crippen molar-refractivity contribution >= 4 is 23.3 Å². The van der Waals surface area contributed by atoms with Crippen LogP contribution < -0.4 is 9.90 Å². The molecule has 0 radical (unpaired) electrons. The molecule has 2 amide bonds. The number of carbonyl (C=O) groups is 1. The third-order valence-corrected chi connectivity index (χ3v) is 3.98. The Balaban J connectivity index is 2.37. The van der Waals surface area contributed by atoms with Gasteiger partial charge in [-0.2, -0.15) is 13.2 Å². The highest BCUT2D eigenvalue weighted by molar-refractivity contribution is 6.32. The van der Waals surface area contributed by atoms with Gasteiger partial charge in [0.25, 0.3) is 0 Å². The lowest BCUT2D eigenvalue weighted by molar-refractivity contribution is -0.137. The summed E-state index contributed by atoms with van der Waals surface area (Å²) in [6.07, 6.45) is -4.52. The minimum absolute atomic E-state index is 0.0611. The fourth-order valence-corrected chi connectivity index (χ4v) is 2.19. The van der Waals surface area contributed by atoms with Crippen LogP contribution in [-0.2, 0) is 6.18 Å². The maximum Gasteiger partial charge on any atom is 0.416 e. The lowest BCUT2D eigenvalue weighted by atomic mass is 10.2. The number of hydrogen-bond donors (Lipinski definition) is 0. The summed E-state index contributed by atoms with van der Waals surface area (Å²) in [5.74, 6) is -0.0611. The summed E-state index contributed by atoms with van der Waals surface area (Å²) in [4.78, 5) is 19.7. The van der Waals surface area contributed by atoms with E-state index in [9.17, 15) is 18.0 Å². The van der Waals surface area contributed by atoms with Crippen LogP contribution in [-0.4, -0.2) is 24.0 Å². The number of amides is 2. The molecule has 0 fully saturated rings. The van der Waals surface area contributed by atoms with Crippen molar-refractivity contribution in [3.63, 3.8) is 0 Å². The highest BCUT2D eigenvalue weighted by Crippen LogP contribution is 2.35. The zero-order valence-electron chi connectivity index (χ0n) is 14.4. The molecular weight excluding hydrogens is 369 g/mol. The van der Waals surface area contributed by atoms with E-state index >= 15 is 0 Å². The van der Waals surface area contributed by atoms with Crippen LogP contribution >= 0.6 is 11.6 Å². The van der Waals surface area contributed by atoms with Crippen LogP contribution in [0.1, 0.15) is 19.4 Å². The van der Waals surface area contributed by atoms with Gasteiger partial charge < -0.3 is 9.74 Å². The molecule has 0 aliphatic rings.